The van der Waals surface area contributed by atoms with Crippen LogP contribution in [0.15, 0.2) is 36.4 Å². The van der Waals surface area contributed by atoms with E-state index in [1.54, 1.807) is 6.07 Å². The molecule has 1 saturated heterocycles. The van der Waals surface area contributed by atoms with E-state index in [0.717, 1.165) is 11.3 Å². The molecule has 0 unspecified atom stereocenters. The van der Waals surface area contributed by atoms with Crippen molar-refractivity contribution in [2.45, 2.75) is 43.9 Å². The van der Waals surface area contributed by atoms with Crippen molar-refractivity contribution in [1.82, 2.24) is 0 Å². The summed E-state index contributed by atoms with van der Waals surface area (Å²) in [6.07, 6.45) is -6.24. The molecule has 0 aliphatic carbocycles. The third kappa shape index (κ3) is 4.66. The molecule has 0 spiro atoms. The fourth-order valence-corrected chi connectivity index (χ4v) is 3.66. The molecule has 29 heavy (non-hydrogen) atoms. The summed E-state index contributed by atoms with van der Waals surface area (Å²) in [4.78, 5) is 0. The molecule has 0 amide bonds. The Balaban J connectivity index is 1.89. The molecule has 158 valence electrons. The molecular formula is C21H25ClO7. The van der Waals surface area contributed by atoms with Gasteiger partial charge in [-0.1, -0.05) is 23.7 Å². The van der Waals surface area contributed by atoms with Crippen molar-refractivity contribution in [1.29, 1.82) is 0 Å². The predicted octanol–water partition coefficient (Wildman–Crippen LogP) is 1.55. The minimum Gasteiger partial charge on any atom is -0.508 e. The topological polar surface area (TPSA) is 120 Å². The van der Waals surface area contributed by atoms with E-state index < -0.39 is 37.1 Å². The molecular weight excluding hydrogens is 400 g/mol. The molecule has 0 saturated carbocycles. The van der Waals surface area contributed by atoms with Gasteiger partial charge in [-0.15, -0.1) is 0 Å². The van der Waals surface area contributed by atoms with Crippen LogP contribution in [0.2, 0.25) is 5.02 Å². The SMILES string of the molecule is CCOc1ccc(Cc2cc([C@@H]3O[C@H](CO)[C@@H](O)[C@H](O)[C@H]3O)c(O)cc2Cl)cc1. The van der Waals surface area contributed by atoms with E-state index in [4.69, 9.17) is 21.1 Å². The molecule has 5 N–H and O–H groups in total. The Bertz CT molecular complexity index is 825. The molecule has 5 atom stereocenters. The van der Waals surface area contributed by atoms with Crippen LogP contribution in [-0.4, -0.2) is 63.2 Å². The minimum absolute atomic E-state index is 0.213. The molecule has 1 heterocycles. The minimum atomic E-state index is -1.53. The summed E-state index contributed by atoms with van der Waals surface area (Å²) in [5.41, 5.74) is 1.86. The standard InChI is InChI=1S/C21H25ClO7/c1-2-28-13-5-3-11(4-6-13)7-12-8-14(16(24)9-15(12)22)21-20(27)19(26)18(25)17(10-23)29-21/h3-6,8-9,17-21,23-27H,2,7,10H2,1H3/t17-,18-,19+,20-,21+/m1/s1. The first-order valence-corrected chi connectivity index (χ1v) is 9.77. The summed E-state index contributed by atoms with van der Waals surface area (Å²) in [5.74, 6) is 0.546. The molecule has 2 aromatic carbocycles. The Hall–Kier alpha value is -1.87. The highest BCUT2D eigenvalue weighted by molar-refractivity contribution is 6.31. The van der Waals surface area contributed by atoms with E-state index in [0.29, 0.717) is 23.6 Å². The number of rotatable bonds is 6. The monoisotopic (exact) mass is 424 g/mol. The number of aromatic hydroxyl groups is 1. The van der Waals surface area contributed by atoms with Crippen molar-refractivity contribution in [3.8, 4) is 11.5 Å². The van der Waals surface area contributed by atoms with Crippen LogP contribution < -0.4 is 4.74 Å². The molecule has 0 aromatic heterocycles. The lowest BCUT2D eigenvalue weighted by Gasteiger charge is -2.40. The van der Waals surface area contributed by atoms with Crippen LogP contribution >= 0.6 is 11.6 Å². The Labute approximate surface area is 173 Å². The van der Waals surface area contributed by atoms with Gasteiger partial charge in [0, 0.05) is 10.6 Å². The zero-order valence-electron chi connectivity index (χ0n) is 15.9. The number of benzene rings is 2. The van der Waals surface area contributed by atoms with E-state index in [1.807, 2.05) is 31.2 Å². The summed E-state index contributed by atoms with van der Waals surface area (Å²) in [5, 5.41) is 50.4. The second kappa shape index (κ2) is 9.30. The molecule has 1 aliphatic heterocycles. The largest absolute Gasteiger partial charge is 0.508 e. The number of phenolic OH excluding ortho intramolecular Hbond substituents is 1. The van der Waals surface area contributed by atoms with Crippen molar-refractivity contribution in [3.63, 3.8) is 0 Å². The summed E-state index contributed by atoms with van der Waals surface area (Å²) in [7, 11) is 0. The molecule has 2 aromatic rings. The van der Waals surface area contributed by atoms with Crippen LogP contribution in [0.4, 0.5) is 0 Å². The lowest BCUT2D eigenvalue weighted by molar-refractivity contribution is -0.232. The summed E-state index contributed by atoms with van der Waals surface area (Å²) < 4.78 is 11.0. The Morgan fingerprint density at radius 3 is 2.34 bits per heavy atom. The number of aliphatic hydroxyl groups excluding tert-OH is 4. The van der Waals surface area contributed by atoms with E-state index in [9.17, 15) is 25.5 Å². The second-order valence-corrected chi connectivity index (χ2v) is 7.41. The Morgan fingerprint density at radius 1 is 1.03 bits per heavy atom. The summed E-state index contributed by atoms with van der Waals surface area (Å²) in [6.45, 7) is 1.94. The summed E-state index contributed by atoms with van der Waals surface area (Å²) >= 11 is 6.30. The van der Waals surface area contributed by atoms with Crippen molar-refractivity contribution >= 4 is 11.6 Å². The van der Waals surface area contributed by atoms with Gasteiger partial charge in [-0.05, 0) is 48.7 Å². The van der Waals surface area contributed by atoms with Gasteiger partial charge in [0.1, 0.15) is 42.0 Å². The maximum atomic E-state index is 10.4. The van der Waals surface area contributed by atoms with Gasteiger partial charge in [-0.25, -0.2) is 0 Å². The van der Waals surface area contributed by atoms with Crippen LogP contribution in [0.1, 0.15) is 29.7 Å². The highest BCUT2D eigenvalue weighted by Gasteiger charge is 2.44. The first-order chi connectivity index (χ1) is 13.8. The van der Waals surface area contributed by atoms with Gasteiger partial charge in [-0.2, -0.15) is 0 Å². The number of aliphatic hydroxyl groups is 4. The number of phenols is 1. The molecule has 1 fully saturated rings. The Morgan fingerprint density at radius 2 is 1.72 bits per heavy atom. The van der Waals surface area contributed by atoms with Crippen molar-refractivity contribution in [3.05, 3.63) is 58.1 Å². The van der Waals surface area contributed by atoms with E-state index >= 15 is 0 Å². The molecule has 0 bridgehead atoms. The number of hydrogen-bond donors (Lipinski definition) is 5. The van der Waals surface area contributed by atoms with Crippen molar-refractivity contribution in [2.75, 3.05) is 13.2 Å². The first kappa shape index (κ1) is 21.8. The van der Waals surface area contributed by atoms with Gasteiger partial charge < -0.3 is 35.0 Å². The predicted molar refractivity (Wildman–Crippen MR) is 106 cm³/mol. The quantitative estimate of drug-likeness (QED) is 0.477. The van der Waals surface area contributed by atoms with E-state index in [2.05, 4.69) is 0 Å². The fraction of sp³-hybridized carbons (Fsp3) is 0.429. The fourth-order valence-electron chi connectivity index (χ4n) is 3.44. The molecule has 8 heteroatoms. The number of hydrogen-bond acceptors (Lipinski definition) is 7. The molecule has 7 nitrogen and oxygen atoms in total. The zero-order chi connectivity index (χ0) is 21.1. The van der Waals surface area contributed by atoms with Crippen LogP contribution in [0.5, 0.6) is 11.5 Å². The lowest BCUT2D eigenvalue weighted by Crippen LogP contribution is -2.55. The van der Waals surface area contributed by atoms with Crippen LogP contribution in [0.3, 0.4) is 0 Å². The lowest BCUT2D eigenvalue weighted by atomic mass is 9.89. The molecule has 1 aliphatic rings. The highest BCUT2D eigenvalue weighted by atomic mass is 35.5. The first-order valence-electron chi connectivity index (χ1n) is 9.39. The van der Waals surface area contributed by atoms with Crippen molar-refractivity contribution < 1.29 is 35.0 Å². The van der Waals surface area contributed by atoms with Crippen LogP contribution in [-0.2, 0) is 11.2 Å². The maximum Gasteiger partial charge on any atom is 0.122 e. The molecule has 3 rings (SSSR count). The van der Waals surface area contributed by atoms with Crippen molar-refractivity contribution in [2.24, 2.45) is 0 Å². The van der Waals surface area contributed by atoms with Crippen LogP contribution in [0, 0.1) is 0 Å². The smallest absolute Gasteiger partial charge is 0.122 e. The van der Waals surface area contributed by atoms with Gasteiger partial charge >= 0.3 is 0 Å². The van der Waals surface area contributed by atoms with Crippen LogP contribution in [0.25, 0.3) is 0 Å². The van der Waals surface area contributed by atoms with Gasteiger partial charge in [-0.3, -0.25) is 0 Å². The Kier molecular flexibility index (Phi) is 7.00. The van der Waals surface area contributed by atoms with Gasteiger partial charge in [0.25, 0.3) is 0 Å². The normalized spacial score (nSPS) is 27.0. The number of ether oxygens (including phenoxy) is 2. The second-order valence-electron chi connectivity index (χ2n) is 7.01. The highest BCUT2D eigenvalue weighted by Crippen LogP contribution is 2.39. The van der Waals surface area contributed by atoms with E-state index in [1.165, 1.54) is 6.07 Å². The third-order valence-corrected chi connectivity index (χ3v) is 5.38. The zero-order valence-corrected chi connectivity index (χ0v) is 16.7. The molecule has 0 radical (unpaired) electrons. The average molecular weight is 425 g/mol. The maximum absolute atomic E-state index is 10.4. The summed E-state index contributed by atoms with van der Waals surface area (Å²) in [6, 6.07) is 10.5. The number of halogens is 1. The van der Waals surface area contributed by atoms with Gasteiger partial charge in [0.05, 0.1) is 13.2 Å². The average Bonchev–Trinajstić information content (AvgIpc) is 2.70. The van der Waals surface area contributed by atoms with Gasteiger partial charge in [0.2, 0.25) is 0 Å². The van der Waals surface area contributed by atoms with Gasteiger partial charge in [0.15, 0.2) is 0 Å². The van der Waals surface area contributed by atoms with E-state index in [-0.39, 0.29) is 11.3 Å². The third-order valence-electron chi connectivity index (χ3n) is 5.02.